The minimum Gasteiger partial charge on any atom is -0.461 e. The molecule has 1 saturated carbocycles. The SMILES string of the molecule is C=CCOC(=O)C(c1ccc(C2COC2N(C)[SH](=O)(COCC[Si](C)(C)C)C(C)C)cc1)C1CCCCC1. The average Bonchev–Trinajstić information content (AvgIpc) is 2.85. The molecule has 2 fully saturated rings. The fourth-order valence-corrected chi connectivity index (χ4v) is 8.50. The number of hydrogen-bond donors (Lipinski definition) is 1. The van der Waals surface area contributed by atoms with Crippen molar-refractivity contribution in [3.8, 4) is 0 Å². The Balaban J connectivity index is 1.71. The van der Waals surface area contributed by atoms with E-state index in [2.05, 4.69) is 50.5 Å². The van der Waals surface area contributed by atoms with E-state index in [9.17, 15) is 9.00 Å². The van der Waals surface area contributed by atoms with Gasteiger partial charge in [-0.1, -0.05) is 89.7 Å². The molecule has 0 N–H and O–H groups in total. The summed E-state index contributed by atoms with van der Waals surface area (Å²) in [5.74, 6) is 0.309. The number of hydrogen-bond acceptors (Lipinski definition) is 5. The summed E-state index contributed by atoms with van der Waals surface area (Å²) in [6, 6.07) is 9.46. The number of carbonyl (C=O) groups excluding carboxylic acids is 1. The van der Waals surface area contributed by atoms with Gasteiger partial charge in [0, 0.05) is 32.9 Å². The molecule has 1 aromatic rings. The van der Waals surface area contributed by atoms with Gasteiger partial charge in [0.1, 0.15) is 18.8 Å². The Morgan fingerprint density at radius 3 is 2.37 bits per heavy atom. The lowest BCUT2D eigenvalue weighted by Gasteiger charge is -2.48. The smallest absolute Gasteiger partial charge is 0.314 e. The van der Waals surface area contributed by atoms with Gasteiger partial charge in [0.25, 0.3) is 0 Å². The van der Waals surface area contributed by atoms with Crippen LogP contribution >= 0.6 is 0 Å². The van der Waals surface area contributed by atoms with Gasteiger partial charge in [-0.3, -0.25) is 9.00 Å². The van der Waals surface area contributed by atoms with Crippen LogP contribution < -0.4 is 0 Å². The third-order valence-corrected chi connectivity index (χ3v) is 13.4. The minimum absolute atomic E-state index is 0.0237. The first-order chi connectivity index (χ1) is 18.0. The lowest BCUT2D eigenvalue weighted by atomic mass is 9.76. The lowest BCUT2D eigenvalue weighted by Crippen LogP contribution is -2.56. The van der Waals surface area contributed by atoms with Gasteiger partial charge in [0.15, 0.2) is 0 Å². The van der Waals surface area contributed by atoms with Crippen molar-refractivity contribution in [1.29, 1.82) is 0 Å². The van der Waals surface area contributed by atoms with Gasteiger partial charge in [0.2, 0.25) is 0 Å². The van der Waals surface area contributed by atoms with Crippen molar-refractivity contribution in [2.24, 2.45) is 5.92 Å². The van der Waals surface area contributed by atoms with Gasteiger partial charge in [0.05, 0.1) is 12.5 Å². The second-order valence-corrected chi connectivity index (χ2v) is 21.6. The maximum atomic E-state index is 14.1. The molecule has 0 amide bonds. The molecule has 2 aliphatic rings. The van der Waals surface area contributed by atoms with Crippen LogP contribution in [0.25, 0.3) is 0 Å². The summed E-state index contributed by atoms with van der Waals surface area (Å²) in [7, 11) is -2.06. The first kappa shape index (κ1) is 31.2. The fourth-order valence-electron chi connectivity index (χ4n) is 5.53. The predicted octanol–water partition coefficient (Wildman–Crippen LogP) is 6.10. The third kappa shape index (κ3) is 7.87. The minimum atomic E-state index is -2.78. The van der Waals surface area contributed by atoms with Crippen LogP contribution in [0.5, 0.6) is 0 Å². The molecule has 0 bridgehead atoms. The van der Waals surface area contributed by atoms with E-state index in [4.69, 9.17) is 14.2 Å². The molecular weight excluding hydrogens is 514 g/mol. The van der Waals surface area contributed by atoms with E-state index in [-0.39, 0.29) is 41.8 Å². The highest BCUT2D eigenvalue weighted by Crippen LogP contribution is 2.40. The van der Waals surface area contributed by atoms with Crippen molar-refractivity contribution in [2.75, 3.05) is 32.8 Å². The zero-order valence-electron chi connectivity index (χ0n) is 24.5. The van der Waals surface area contributed by atoms with Crippen LogP contribution in [-0.2, 0) is 29.1 Å². The third-order valence-electron chi connectivity index (χ3n) is 8.21. The van der Waals surface area contributed by atoms with Crippen molar-refractivity contribution in [3.63, 3.8) is 0 Å². The molecule has 1 heterocycles. The number of carbonyl (C=O) groups is 1. The van der Waals surface area contributed by atoms with E-state index in [1.165, 1.54) is 19.3 Å². The van der Waals surface area contributed by atoms with Crippen molar-refractivity contribution in [2.45, 2.75) is 95.0 Å². The van der Waals surface area contributed by atoms with E-state index >= 15 is 0 Å². The molecule has 1 aliphatic carbocycles. The number of thiol groups is 1. The maximum absolute atomic E-state index is 14.1. The van der Waals surface area contributed by atoms with Crippen molar-refractivity contribution >= 4 is 24.2 Å². The summed E-state index contributed by atoms with van der Waals surface area (Å²) in [6.45, 7) is 16.2. The normalized spacial score (nSPS) is 22.2. The number of nitrogens with zero attached hydrogens (tertiary/aromatic N) is 1. The standard InChI is InChI=1S/C30H51NO5SSi/c1-8-18-35-30(32)28(25-12-10-9-11-13-25)26-16-14-24(15-17-26)27-21-36-29(27)31(4)37(33,23(2)3)22-34-19-20-38(5,6)7/h8,14-17,23,25,27-29,37H,1,9-13,18-22H2,2-7H3. The molecule has 0 radical (unpaired) electrons. The van der Waals surface area contributed by atoms with Crippen LogP contribution in [0.4, 0.5) is 0 Å². The molecule has 8 heteroatoms. The van der Waals surface area contributed by atoms with Gasteiger partial charge in [-0.05, 0) is 46.0 Å². The van der Waals surface area contributed by atoms with Crippen molar-refractivity contribution < 1.29 is 23.2 Å². The summed E-state index contributed by atoms with van der Waals surface area (Å²) in [6.07, 6.45) is 7.07. The molecule has 3 rings (SSSR count). The van der Waals surface area contributed by atoms with Crippen molar-refractivity contribution in [3.05, 3.63) is 48.0 Å². The largest absolute Gasteiger partial charge is 0.461 e. The second-order valence-electron chi connectivity index (χ2n) is 12.6. The summed E-state index contributed by atoms with van der Waals surface area (Å²) < 4.78 is 33.6. The quantitative estimate of drug-likeness (QED) is 0.0970. The average molecular weight is 566 g/mol. The van der Waals surface area contributed by atoms with Gasteiger partial charge in [-0.15, -0.1) is 0 Å². The van der Waals surface area contributed by atoms with Crippen LogP contribution in [0.15, 0.2) is 36.9 Å². The summed E-state index contributed by atoms with van der Waals surface area (Å²) >= 11 is 0. The summed E-state index contributed by atoms with van der Waals surface area (Å²) in [5.41, 5.74) is 2.16. The van der Waals surface area contributed by atoms with Gasteiger partial charge >= 0.3 is 5.97 Å². The zero-order chi connectivity index (χ0) is 27.9. The molecule has 1 aromatic carbocycles. The maximum Gasteiger partial charge on any atom is 0.314 e. The van der Waals surface area contributed by atoms with Gasteiger partial charge < -0.3 is 14.2 Å². The first-order valence-electron chi connectivity index (χ1n) is 14.4. The van der Waals surface area contributed by atoms with E-state index in [0.29, 0.717) is 19.1 Å². The molecule has 0 aromatic heterocycles. The van der Waals surface area contributed by atoms with E-state index < -0.39 is 18.2 Å². The second kappa shape index (κ2) is 13.8. The van der Waals surface area contributed by atoms with Crippen molar-refractivity contribution in [1.82, 2.24) is 4.31 Å². The van der Waals surface area contributed by atoms with Crippen LogP contribution in [0.2, 0.25) is 25.7 Å². The number of benzene rings is 1. The molecule has 38 heavy (non-hydrogen) atoms. The van der Waals surface area contributed by atoms with Crippen LogP contribution in [-0.4, -0.2) is 66.8 Å². The Labute approximate surface area is 233 Å². The number of ether oxygens (including phenoxy) is 3. The Bertz CT molecular complexity index is 954. The fraction of sp³-hybridized carbons (Fsp3) is 0.700. The van der Waals surface area contributed by atoms with Crippen LogP contribution in [0, 0.1) is 5.92 Å². The molecule has 6 nitrogen and oxygen atoms in total. The Morgan fingerprint density at radius 1 is 1.18 bits per heavy atom. The highest BCUT2D eigenvalue weighted by Gasteiger charge is 2.42. The number of rotatable bonds is 14. The summed E-state index contributed by atoms with van der Waals surface area (Å²) in [4.78, 5) is 13.0. The summed E-state index contributed by atoms with van der Waals surface area (Å²) in [5, 5.41) is -0.0237. The van der Waals surface area contributed by atoms with E-state index in [0.717, 1.165) is 30.0 Å². The van der Waals surface area contributed by atoms with Gasteiger partial charge in [-0.25, -0.2) is 4.31 Å². The molecule has 3 atom stereocenters. The Hall–Kier alpha value is -1.32. The van der Waals surface area contributed by atoms with Gasteiger partial charge in [-0.2, -0.15) is 0 Å². The Morgan fingerprint density at radius 2 is 1.84 bits per heavy atom. The molecule has 0 spiro atoms. The lowest BCUT2D eigenvalue weighted by molar-refractivity contribution is -0.146. The zero-order valence-corrected chi connectivity index (χ0v) is 26.4. The number of esters is 1. The van der Waals surface area contributed by atoms with Crippen LogP contribution in [0.1, 0.15) is 68.9 Å². The first-order valence-corrected chi connectivity index (χ1v) is 20.0. The Kier molecular flexibility index (Phi) is 11.4. The molecular formula is C30H51NO5SSi. The molecule has 1 saturated heterocycles. The monoisotopic (exact) mass is 565 g/mol. The van der Waals surface area contributed by atoms with E-state index in [1.807, 2.05) is 25.2 Å². The highest BCUT2D eigenvalue weighted by molar-refractivity contribution is 8.01. The highest BCUT2D eigenvalue weighted by atomic mass is 32.3. The van der Waals surface area contributed by atoms with Crippen LogP contribution in [0.3, 0.4) is 0 Å². The molecule has 1 aliphatic heterocycles. The van der Waals surface area contributed by atoms with E-state index in [1.54, 1.807) is 6.08 Å². The molecule has 216 valence electrons. The molecule has 3 unspecified atom stereocenters. The number of likely N-dealkylation sites (N-methyl/N-ethyl adjacent to an activating group) is 1. The predicted molar refractivity (Wildman–Crippen MR) is 161 cm³/mol. The topological polar surface area (TPSA) is 65.1 Å².